The summed E-state index contributed by atoms with van der Waals surface area (Å²) in [6, 6.07) is 9.96. The van der Waals surface area contributed by atoms with Gasteiger partial charge in [-0.2, -0.15) is 0 Å². The average Bonchev–Trinajstić information content (AvgIpc) is 2.76. The topological polar surface area (TPSA) is 73.3 Å². The standard InChI is InChI=1S/C22H30FN3O4/c1-6-24-22(25-13-15(2)30-18-10-8-7-9-17(18)23)26-14-16-11-20(28-4)21(29-5)12-19(16)27-3/h7-12,15H,6,13-14H2,1-5H3,(H2,24,25,26). The van der Waals surface area contributed by atoms with E-state index < -0.39 is 0 Å². The van der Waals surface area contributed by atoms with Crippen LogP contribution in [0.15, 0.2) is 41.4 Å². The fourth-order valence-corrected chi connectivity index (χ4v) is 2.76. The van der Waals surface area contributed by atoms with Crippen LogP contribution < -0.4 is 29.6 Å². The molecule has 2 N–H and O–H groups in total. The molecule has 30 heavy (non-hydrogen) atoms. The van der Waals surface area contributed by atoms with E-state index in [1.807, 2.05) is 19.9 Å². The zero-order valence-electron chi connectivity index (χ0n) is 18.1. The van der Waals surface area contributed by atoms with Gasteiger partial charge in [-0.3, -0.25) is 0 Å². The second-order valence-electron chi connectivity index (χ2n) is 6.45. The number of benzene rings is 2. The third kappa shape index (κ3) is 6.43. The number of guanidine groups is 1. The molecule has 0 amide bonds. The molecule has 1 unspecified atom stereocenters. The number of hydrogen-bond acceptors (Lipinski definition) is 5. The van der Waals surface area contributed by atoms with Crippen molar-refractivity contribution in [2.24, 2.45) is 4.99 Å². The first-order chi connectivity index (χ1) is 14.5. The van der Waals surface area contributed by atoms with Gasteiger partial charge in [0.15, 0.2) is 29.0 Å². The minimum absolute atomic E-state index is 0.226. The van der Waals surface area contributed by atoms with E-state index in [0.29, 0.717) is 42.8 Å². The maximum Gasteiger partial charge on any atom is 0.191 e. The number of hydrogen-bond donors (Lipinski definition) is 2. The van der Waals surface area contributed by atoms with Crippen LogP contribution in [-0.2, 0) is 6.54 Å². The molecule has 0 spiro atoms. The van der Waals surface area contributed by atoms with Gasteiger partial charge in [-0.1, -0.05) is 12.1 Å². The van der Waals surface area contributed by atoms with Gasteiger partial charge < -0.3 is 29.6 Å². The van der Waals surface area contributed by atoms with E-state index in [0.717, 1.165) is 5.56 Å². The molecule has 7 nitrogen and oxygen atoms in total. The number of ether oxygens (including phenoxy) is 4. The molecule has 0 aromatic heterocycles. The van der Waals surface area contributed by atoms with Crippen LogP contribution in [0.1, 0.15) is 19.4 Å². The molecule has 0 saturated carbocycles. The molecule has 2 aromatic carbocycles. The van der Waals surface area contributed by atoms with Crippen LogP contribution in [0.2, 0.25) is 0 Å². The number of rotatable bonds is 10. The lowest BCUT2D eigenvalue weighted by Crippen LogP contribution is -2.41. The highest BCUT2D eigenvalue weighted by molar-refractivity contribution is 5.79. The fraction of sp³-hybridized carbons (Fsp3) is 0.409. The van der Waals surface area contributed by atoms with Gasteiger partial charge in [-0.25, -0.2) is 9.38 Å². The van der Waals surface area contributed by atoms with Crippen molar-refractivity contribution in [3.8, 4) is 23.0 Å². The second kappa shape index (κ2) is 11.7. The van der Waals surface area contributed by atoms with Crippen molar-refractivity contribution in [3.05, 3.63) is 47.8 Å². The summed E-state index contributed by atoms with van der Waals surface area (Å²) >= 11 is 0. The van der Waals surface area contributed by atoms with E-state index in [4.69, 9.17) is 18.9 Å². The average molecular weight is 419 g/mol. The number of aliphatic imine (C=N–C) groups is 1. The van der Waals surface area contributed by atoms with E-state index in [9.17, 15) is 4.39 Å². The van der Waals surface area contributed by atoms with Crippen molar-refractivity contribution in [1.29, 1.82) is 0 Å². The molecule has 0 fully saturated rings. The zero-order chi connectivity index (χ0) is 21.9. The van der Waals surface area contributed by atoms with Gasteiger partial charge in [0.05, 0.1) is 34.4 Å². The Bertz CT molecular complexity index is 845. The highest BCUT2D eigenvalue weighted by Crippen LogP contribution is 2.34. The van der Waals surface area contributed by atoms with Crippen LogP contribution in [0.4, 0.5) is 4.39 Å². The molecule has 8 heteroatoms. The lowest BCUT2D eigenvalue weighted by molar-refractivity contribution is 0.214. The number of methoxy groups -OCH3 is 3. The van der Waals surface area contributed by atoms with Crippen LogP contribution in [0, 0.1) is 5.82 Å². The van der Waals surface area contributed by atoms with Gasteiger partial charge in [0, 0.05) is 18.2 Å². The molecule has 0 radical (unpaired) electrons. The smallest absolute Gasteiger partial charge is 0.191 e. The Morgan fingerprint density at radius 1 is 0.967 bits per heavy atom. The van der Waals surface area contributed by atoms with Crippen molar-refractivity contribution in [2.75, 3.05) is 34.4 Å². The lowest BCUT2D eigenvalue weighted by atomic mass is 10.1. The quantitative estimate of drug-likeness (QED) is 0.454. The Morgan fingerprint density at radius 3 is 2.27 bits per heavy atom. The fourth-order valence-electron chi connectivity index (χ4n) is 2.76. The number of halogens is 1. The molecular weight excluding hydrogens is 389 g/mol. The molecule has 2 aromatic rings. The third-order valence-electron chi connectivity index (χ3n) is 4.26. The molecule has 0 heterocycles. The Kier molecular flexibility index (Phi) is 9.05. The maximum atomic E-state index is 13.8. The van der Waals surface area contributed by atoms with Crippen molar-refractivity contribution >= 4 is 5.96 Å². The summed E-state index contributed by atoms with van der Waals surface area (Å²) in [5.74, 6) is 2.30. The predicted octanol–water partition coefficient (Wildman–Crippen LogP) is 3.37. The van der Waals surface area contributed by atoms with E-state index in [-0.39, 0.29) is 17.7 Å². The summed E-state index contributed by atoms with van der Waals surface area (Å²) in [5.41, 5.74) is 0.850. The lowest BCUT2D eigenvalue weighted by Gasteiger charge is -2.18. The van der Waals surface area contributed by atoms with Gasteiger partial charge in [0.25, 0.3) is 0 Å². The van der Waals surface area contributed by atoms with Crippen molar-refractivity contribution < 1.29 is 23.3 Å². The number of nitrogens with zero attached hydrogens (tertiary/aromatic N) is 1. The maximum absolute atomic E-state index is 13.8. The Hall–Kier alpha value is -3.16. The van der Waals surface area contributed by atoms with E-state index in [2.05, 4.69) is 15.6 Å². The van der Waals surface area contributed by atoms with E-state index in [1.165, 1.54) is 6.07 Å². The van der Waals surface area contributed by atoms with Crippen LogP contribution in [0.5, 0.6) is 23.0 Å². The molecule has 0 aliphatic carbocycles. The normalized spacial score (nSPS) is 12.1. The summed E-state index contributed by atoms with van der Waals surface area (Å²) in [6.07, 6.45) is -0.263. The van der Waals surface area contributed by atoms with Gasteiger partial charge in [-0.15, -0.1) is 0 Å². The van der Waals surface area contributed by atoms with Gasteiger partial charge in [-0.05, 0) is 32.0 Å². The first-order valence-electron chi connectivity index (χ1n) is 9.74. The first-order valence-corrected chi connectivity index (χ1v) is 9.74. The minimum atomic E-state index is -0.384. The molecule has 0 aliphatic heterocycles. The molecule has 0 aliphatic rings. The molecule has 2 rings (SSSR count). The summed E-state index contributed by atoms with van der Waals surface area (Å²) in [7, 11) is 4.76. The largest absolute Gasteiger partial charge is 0.496 e. The monoisotopic (exact) mass is 419 g/mol. The predicted molar refractivity (Wildman–Crippen MR) is 115 cm³/mol. The second-order valence-corrected chi connectivity index (χ2v) is 6.45. The van der Waals surface area contributed by atoms with Gasteiger partial charge >= 0.3 is 0 Å². The number of nitrogens with one attached hydrogen (secondary N) is 2. The summed E-state index contributed by atoms with van der Waals surface area (Å²) in [6.45, 7) is 5.34. The van der Waals surface area contributed by atoms with Crippen molar-refractivity contribution in [1.82, 2.24) is 10.6 Å². The zero-order valence-corrected chi connectivity index (χ0v) is 18.1. The Labute approximate surface area is 177 Å². The SMILES string of the molecule is CCNC(=NCc1cc(OC)c(OC)cc1OC)NCC(C)Oc1ccccc1F. The van der Waals surface area contributed by atoms with E-state index >= 15 is 0 Å². The molecule has 164 valence electrons. The first kappa shape index (κ1) is 23.1. The minimum Gasteiger partial charge on any atom is -0.496 e. The van der Waals surface area contributed by atoms with Crippen molar-refractivity contribution in [2.45, 2.75) is 26.5 Å². The summed E-state index contributed by atoms with van der Waals surface area (Å²) < 4.78 is 35.5. The molecule has 1 atom stereocenters. The third-order valence-corrected chi connectivity index (χ3v) is 4.26. The van der Waals surface area contributed by atoms with Gasteiger partial charge in [0.1, 0.15) is 11.9 Å². The Morgan fingerprint density at radius 2 is 1.63 bits per heavy atom. The highest BCUT2D eigenvalue weighted by Gasteiger charge is 2.13. The summed E-state index contributed by atoms with van der Waals surface area (Å²) in [5, 5.41) is 6.40. The van der Waals surface area contributed by atoms with Crippen molar-refractivity contribution in [3.63, 3.8) is 0 Å². The van der Waals surface area contributed by atoms with Gasteiger partial charge in [0.2, 0.25) is 0 Å². The summed E-state index contributed by atoms with van der Waals surface area (Å²) in [4.78, 5) is 4.61. The highest BCUT2D eigenvalue weighted by atomic mass is 19.1. The number of para-hydroxylation sites is 1. The molecular formula is C22H30FN3O4. The van der Waals surface area contributed by atoms with Crippen LogP contribution in [0.25, 0.3) is 0 Å². The molecule has 0 saturated heterocycles. The van der Waals surface area contributed by atoms with Crippen LogP contribution in [-0.4, -0.2) is 46.5 Å². The van der Waals surface area contributed by atoms with E-state index in [1.54, 1.807) is 45.6 Å². The van der Waals surface area contributed by atoms with Crippen LogP contribution in [0.3, 0.4) is 0 Å². The Balaban J connectivity index is 2.06. The van der Waals surface area contributed by atoms with Crippen LogP contribution >= 0.6 is 0 Å². The molecule has 0 bridgehead atoms.